The summed E-state index contributed by atoms with van der Waals surface area (Å²) in [6.07, 6.45) is 0. The molecule has 0 aliphatic rings. The minimum absolute atomic E-state index is 0.268. The molecular weight excluding hydrogens is 424 g/mol. The van der Waals surface area contributed by atoms with Gasteiger partial charge in [-0.1, -0.05) is 41.3 Å². The molecule has 0 unspecified atom stereocenters. The largest absolute Gasteiger partial charge is 0.383 e. The second-order valence-electron chi connectivity index (χ2n) is 6.48. The molecule has 0 saturated carbocycles. The zero-order chi connectivity index (χ0) is 21.7. The van der Waals surface area contributed by atoms with Crippen LogP contribution in [0.2, 0.25) is 0 Å². The number of carbonyl (C=O) groups is 1. The van der Waals surface area contributed by atoms with Crippen LogP contribution in [0.4, 0.5) is 10.8 Å². The van der Waals surface area contributed by atoms with E-state index < -0.39 is 5.25 Å². The van der Waals surface area contributed by atoms with Crippen molar-refractivity contribution in [2.75, 3.05) is 30.9 Å². The van der Waals surface area contributed by atoms with Crippen LogP contribution in [-0.4, -0.2) is 51.0 Å². The van der Waals surface area contributed by atoms with Gasteiger partial charge < -0.3 is 15.4 Å². The van der Waals surface area contributed by atoms with Gasteiger partial charge in [-0.2, -0.15) is 0 Å². The van der Waals surface area contributed by atoms with Crippen LogP contribution >= 0.6 is 23.1 Å². The monoisotopic (exact) mass is 448 g/mol. The van der Waals surface area contributed by atoms with E-state index in [9.17, 15) is 9.59 Å². The third kappa shape index (κ3) is 4.91. The molecule has 0 saturated heterocycles. The van der Waals surface area contributed by atoms with E-state index in [0.717, 1.165) is 5.69 Å². The van der Waals surface area contributed by atoms with Crippen molar-refractivity contribution < 1.29 is 9.53 Å². The Labute approximate surface area is 182 Å². The third-order valence-corrected chi connectivity index (χ3v) is 6.50. The number of rotatable bonds is 9. The maximum Gasteiger partial charge on any atom is 0.295 e. The summed E-state index contributed by atoms with van der Waals surface area (Å²) in [5, 5.41) is 14.3. The van der Waals surface area contributed by atoms with E-state index in [1.165, 1.54) is 27.8 Å². The highest BCUT2D eigenvalue weighted by atomic mass is 32.2. The summed E-state index contributed by atoms with van der Waals surface area (Å²) in [4.78, 5) is 25.7. The molecule has 2 aromatic heterocycles. The molecule has 0 aliphatic carbocycles. The predicted molar refractivity (Wildman–Crippen MR) is 120 cm³/mol. The highest BCUT2D eigenvalue weighted by Crippen LogP contribution is 2.29. The number of benzene rings is 1. The van der Waals surface area contributed by atoms with E-state index in [4.69, 9.17) is 4.74 Å². The normalized spacial score (nSPS) is 12.0. The topological polar surface area (TPSA) is 103 Å². The number of para-hydroxylation sites is 1. The lowest BCUT2D eigenvalue weighted by Gasteiger charge is -2.09. The van der Waals surface area contributed by atoms with Crippen molar-refractivity contribution in [3.8, 4) is 5.69 Å². The number of nitrogens with zero attached hydrogens (tertiary/aromatic N) is 4. The van der Waals surface area contributed by atoms with Crippen molar-refractivity contribution in [3.63, 3.8) is 0 Å². The number of hydrogen-bond acceptors (Lipinski definition) is 8. The summed E-state index contributed by atoms with van der Waals surface area (Å²) in [6.45, 7) is 4.77. The number of nitrogens with one attached hydrogen (secondary N) is 2. The Bertz CT molecular complexity index is 1060. The van der Waals surface area contributed by atoms with Crippen molar-refractivity contribution in [1.29, 1.82) is 0 Å². The zero-order valence-electron chi connectivity index (χ0n) is 17.2. The minimum atomic E-state index is -0.450. The Kier molecular flexibility index (Phi) is 7.29. The molecule has 11 heteroatoms. The lowest BCUT2D eigenvalue weighted by Crippen LogP contribution is -2.27. The molecule has 1 atom stereocenters. The number of amides is 1. The molecule has 1 amide bonds. The van der Waals surface area contributed by atoms with Crippen molar-refractivity contribution >= 4 is 39.8 Å². The Morgan fingerprint density at radius 1 is 1.30 bits per heavy atom. The number of anilines is 2. The van der Waals surface area contributed by atoms with Gasteiger partial charge in [0.15, 0.2) is 4.34 Å². The fraction of sp³-hybridized carbons (Fsp3) is 0.368. The fourth-order valence-corrected chi connectivity index (χ4v) is 4.65. The van der Waals surface area contributed by atoms with Crippen LogP contribution in [0.1, 0.15) is 12.6 Å². The molecule has 30 heavy (non-hydrogen) atoms. The van der Waals surface area contributed by atoms with Crippen molar-refractivity contribution in [2.45, 2.75) is 23.4 Å². The number of aromatic nitrogens is 4. The van der Waals surface area contributed by atoms with Gasteiger partial charge in [-0.25, -0.2) is 4.68 Å². The average molecular weight is 449 g/mol. The van der Waals surface area contributed by atoms with E-state index in [0.29, 0.717) is 28.3 Å². The molecule has 9 nitrogen and oxygen atoms in total. The van der Waals surface area contributed by atoms with Gasteiger partial charge in [0.05, 0.1) is 23.2 Å². The van der Waals surface area contributed by atoms with Crippen LogP contribution < -0.4 is 16.2 Å². The van der Waals surface area contributed by atoms with E-state index in [-0.39, 0.29) is 17.2 Å². The van der Waals surface area contributed by atoms with Crippen molar-refractivity contribution in [2.24, 2.45) is 7.05 Å². The number of thioether (sulfide) groups is 1. The minimum Gasteiger partial charge on any atom is -0.383 e. The Balaban J connectivity index is 1.69. The molecule has 0 radical (unpaired) electrons. The van der Waals surface area contributed by atoms with Gasteiger partial charge in [0, 0.05) is 20.7 Å². The smallest absolute Gasteiger partial charge is 0.295 e. The van der Waals surface area contributed by atoms with Crippen LogP contribution in [0.25, 0.3) is 5.69 Å². The summed E-state index contributed by atoms with van der Waals surface area (Å²) in [7, 11) is 3.42. The number of ether oxygens (including phenoxy) is 1. The average Bonchev–Trinajstić information content (AvgIpc) is 3.26. The Hall–Kier alpha value is -2.63. The maximum atomic E-state index is 12.9. The second kappa shape index (κ2) is 9.92. The molecule has 3 aromatic rings. The molecule has 0 bridgehead atoms. The van der Waals surface area contributed by atoms with Gasteiger partial charge in [0.1, 0.15) is 5.69 Å². The van der Waals surface area contributed by atoms with Gasteiger partial charge in [-0.05, 0) is 26.0 Å². The van der Waals surface area contributed by atoms with Crippen LogP contribution in [0, 0.1) is 6.92 Å². The molecule has 0 spiro atoms. The molecule has 1 aromatic carbocycles. The second-order valence-corrected chi connectivity index (χ2v) is 9.04. The highest BCUT2D eigenvalue weighted by molar-refractivity contribution is 8.02. The number of hydrogen-bond donors (Lipinski definition) is 2. The van der Waals surface area contributed by atoms with E-state index in [2.05, 4.69) is 20.8 Å². The van der Waals surface area contributed by atoms with Gasteiger partial charge in [0.25, 0.3) is 5.56 Å². The van der Waals surface area contributed by atoms with E-state index in [1.807, 2.05) is 30.3 Å². The third-order valence-electron chi connectivity index (χ3n) is 4.44. The molecule has 2 heterocycles. The summed E-state index contributed by atoms with van der Waals surface area (Å²) in [5.74, 6) is -0.268. The quantitative estimate of drug-likeness (QED) is 0.383. The van der Waals surface area contributed by atoms with E-state index in [1.54, 1.807) is 32.7 Å². The fourth-order valence-electron chi connectivity index (χ4n) is 2.73. The standard InChI is InChI=1S/C19H24N6O3S2/c1-12-15(17(27)25(24(12)3)14-8-6-5-7-9-14)21-16(26)13(2)29-19-23-22-18(30-19)20-10-11-28-4/h5-9,13H,10-11H2,1-4H3,(H,20,22)(H,21,26)/t13-/m0/s1. The van der Waals surface area contributed by atoms with Crippen molar-refractivity contribution in [1.82, 2.24) is 19.6 Å². The lowest BCUT2D eigenvalue weighted by molar-refractivity contribution is -0.115. The first-order chi connectivity index (χ1) is 14.4. The van der Waals surface area contributed by atoms with Gasteiger partial charge in [-0.15, -0.1) is 10.2 Å². The first kappa shape index (κ1) is 22.1. The van der Waals surface area contributed by atoms with Crippen molar-refractivity contribution in [3.05, 3.63) is 46.4 Å². The first-order valence-electron chi connectivity index (χ1n) is 9.30. The van der Waals surface area contributed by atoms with E-state index >= 15 is 0 Å². The zero-order valence-corrected chi connectivity index (χ0v) is 18.8. The summed E-state index contributed by atoms with van der Waals surface area (Å²) >= 11 is 2.67. The molecule has 160 valence electrons. The molecule has 3 rings (SSSR count). The SMILES string of the molecule is COCCNc1nnc(S[C@@H](C)C(=O)Nc2c(C)n(C)n(-c3ccccc3)c2=O)s1. The predicted octanol–water partition coefficient (Wildman–Crippen LogP) is 2.51. The van der Waals surface area contributed by atoms with Gasteiger partial charge in [0.2, 0.25) is 11.0 Å². The number of carbonyl (C=O) groups excluding carboxylic acids is 1. The van der Waals surface area contributed by atoms with Gasteiger partial charge in [-0.3, -0.25) is 14.3 Å². The molecule has 0 fully saturated rings. The first-order valence-corrected chi connectivity index (χ1v) is 11.0. The molecule has 2 N–H and O–H groups in total. The van der Waals surface area contributed by atoms with Crippen LogP contribution in [0.15, 0.2) is 39.5 Å². The summed E-state index contributed by atoms with van der Waals surface area (Å²) in [6, 6.07) is 9.30. The Morgan fingerprint density at radius 3 is 2.73 bits per heavy atom. The van der Waals surface area contributed by atoms with Crippen LogP contribution in [0.5, 0.6) is 0 Å². The van der Waals surface area contributed by atoms with Crippen LogP contribution in [0.3, 0.4) is 0 Å². The summed E-state index contributed by atoms with van der Waals surface area (Å²) in [5.41, 5.74) is 1.42. The Morgan fingerprint density at radius 2 is 2.03 bits per heavy atom. The number of methoxy groups -OCH3 is 1. The summed E-state index contributed by atoms with van der Waals surface area (Å²) < 4.78 is 8.92. The van der Waals surface area contributed by atoms with Crippen LogP contribution in [-0.2, 0) is 16.6 Å². The lowest BCUT2D eigenvalue weighted by atomic mass is 10.3. The maximum absolute atomic E-state index is 12.9. The molecule has 0 aliphatic heterocycles. The molecular formula is C19H24N6O3S2. The highest BCUT2D eigenvalue weighted by Gasteiger charge is 2.22. The van der Waals surface area contributed by atoms with Gasteiger partial charge >= 0.3 is 0 Å².